The normalized spacial score (nSPS) is 20.0. The van der Waals surface area contributed by atoms with Gasteiger partial charge in [-0.1, -0.05) is 16.0 Å². The second-order valence-corrected chi connectivity index (χ2v) is 7.38. The molecular weight excluding hydrogens is 312 g/mol. The van der Waals surface area contributed by atoms with Gasteiger partial charge in [-0.3, -0.25) is 4.79 Å². The van der Waals surface area contributed by atoms with Crippen LogP contribution in [-0.4, -0.2) is 21.6 Å². The third-order valence-corrected chi connectivity index (χ3v) is 5.28. The minimum absolute atomic E-state index is 0.0172. The highest BCUT2D eigenvalue weighted by Gasteiger charge is 2.42. The summed E-state index contributed by atoms with van der Waals surface area (Å²) in [6.45, 7) is 7.76. The zero-order valence-electron chi connectivity index (χ0n) is 13.8. The Balaban J connectivity index is 1.87. The van der Waals surface area contributed by atoms with E-state index in [1.807, 2.05) is 33.2 Å². The number of hydrogen-bond acceptors (Lipinski definition) is 5. The summed E-state index contributed by atoms with van der Waals surface area (Å²) in [5.41, 5.74) is 3.69. The maximum atomic E-state index is 12.7. The summed E-state index contributed by atoms with van der Waals surface area (Å²) in [6.07, 6.45) is 1.33. The van der Waals surface area contributed by atoms with E-state index in [-0.39, 0.29) is 18.1 Å². The maximum absolute atomic E-state index is 12.7. The van der Waals surface area contributed by atoms with Crippen molar-refractivity contribution >= 4 is 17.1 Å². The maximum Gasteiger partial charge on any atom is 0.253 e. The van der Waals surface area contributed by atoms with Crippen LogP contribution < -0.4 is 9.42 Å². The highest BCUT2D eigenvalue weighted by Crippen LogP contribution is 2.41. The molecular formula is C17H21N2O3S+. The number of rotatable bonds is 3. The summed E-state index contributed by atoms with van der Waals surface area (Å²) in [5.74, 6) is 1.04. The van der Waals surface area contributed by atoms with Crippen molar-refractivity contribution in [3.63, 3.8) is 0 Å². The Morgan fingerprint density at radius 3 is 2.87 bits per heavy atom. The Kier molecular flexibility index (Phi) is 3.88. The fourth-order valence-corrected chi connectivity index (χ4v) is 3.52. The first-order chi connectivity index (χ1) is 10.8. The van der Waals surface area contributed by atoms with Gasteiger partial charge in [-0.15, -0.1) is 0 Å². The number of benzene rings is 1. The summed E-state index contributed by atoms with van der Waals surface area (Å²) < 4.78 is 7.80. The van der Waals surface area contributed by atoms with E-state index in [1.54, 1.807) is 10.7 Å². The summed E-state index contributed by atoms with van der Waals surface area (Å²) in [7, 11) is 0. The molecule has 1 unspecified atom stereocenters. The second-order valence-electron chi connectivity index (χ2n) is 6.34. The lowest BCUT2D eigenvalue weighted by Gasteiger charge is -2.35. The third-order valence-electron chi connectivity index (χ3n) is 4.51. The van der Waals surface area contributed by atoms with Crippen LogP contribution in [-0.2, 0) is 17.8 Å². The molecule has 0 aliphatic carbocycles. The van der Waals surface area contributed by atoms with Crippen molar-refractivity contribution in [2.45, 2.75) is 52.7 Å². The first kappa shape index (κ1) is 15.9. The minimum atomic E-state index is -0.855. The molecule has 1 aliphatic heterocycles. The topological polar surface area (TPSA) is 63.3 Å². The van der Waals surface area contributed by atoms with E-state index >= 15 is 0 Å². The number of nitrogens with zero attached hydrogens (tertiary/aromatic N) is 2. The first-order valence-corrected chi connectivity index (χ1v) is 8.54. The highest BCUT2D eigenvalue weighted by atomic mass is 32.1. The van der Waals surface area contributed by atoms with Crippen LogP contribution >= 0.6 is 11.3 Å². The van der Waals surface area contributed by atoms with Gasteiger partial charge in [-0.2, -0.15) is 0 Å². The minimum Gasteiger partial charge on any atom is -0.508 e. The number of Topliss-reactive ketones (excluding diaryl/α,β-unsaturated/α-hetero) is 1. The molecule has 1 N–H and O–H groups in total. The average Bonchev–Trinajstić information content (AvgIpc) is 2.90. The van der Waals surface area contributed by atoms with Crippen molar-refractivity contribution in [1.82, 2.24) is 5.10 Å². The Labute approximate surface area is 139 Å². The average molecular weight is 333 g/mol. The highest BCUT2D eigenvalue weighted by molar-refractivity contribution is 7.08. The monoisotopic (exact) mass is 333 g/mol. The first-order valence-electron chi connectivity index (χ1n) is 7.66. The zero-order valence-corrected chi connectivity index (χ0v) is 14.7. The van der Waals surface area contributed by atoms with Crippen molar-refractivity contribution in [2.75, 3.05) is 0 Å². The lowest BCUT2D eigenvalue weighted by atomic mass is 9.86. The number of phenolic OH excluding ortho intramolecular Hbond substituents is 1. The molecule has 122 valence electrons. The number of aromatic hydroxyl groups is 1. The number of fused-ring (bicyclic) bond motifs is 1. The predicted molar refractivity (Wildman–Crippen MR) is 87.0 cm³/mol. The zero-order chi connectivity index (χ0) is 16.8. The molecule has 0 amide bonds. The lowest BCUT2D eigenvalue weighted by molar-refractivity contribution is -0.737. The Hall–Kier alpha value is -1.95. The molecule has 0 radical (unpaired) electrons. The summed E-state index contributed by atoms with van der Waals surface area (Å²) in [4.78, 5) is 12.7. The van der Waals surface area contributed by atoms with Gasteiger partial charge >= 0.3 is 0 Å². The van der Waals surface area contributed by atoms with Gasteiger partial charge in [-0.25, -0.2) is 0 Å². The van der Waals surface area contributed by atoms with Crippen molar-refractivity contribution in [1.29, 1.82) is 0 Å². The fourth-order valence-electron chi connectivity index (χ4n) is 2.97. The van der Waals surface area contributed by atoms with Crippen LogP contribution in [0.2, 0.25) is 0 Å². The number of carbonyl (C=O) groups is 1. The van der Waals surface area contributed by atoms with E-state index in [1.165, 1.54) is 11.3 Å². The predicted octanol–water partition coefficient (Wildman–Crippen LogP) is 2.41. The summed E-state index contributed by atoms with van der Waals surface area (Å²) in [5, 5.41) is 15.2. The van der Waals surface area contributed by atoms with Crippen LogP contribution in [0, 0.1) is 20.8 Å². The molecule has 23 heavy (non-hydrogen) atoms. The van der Waals surface area contributed by atoms with Gasteiger partial charge in [-0.05, 0) is 57.7 Å². The van der Waals surface area contributed by atoms with Crippen LogP contribution in [0.1, 0.15) is 35.0 Å². The van der Waals surface area contributed by atoms with Gasteiger partial charge < -0.3 is 9.84 Å². The number of aromatic nitrogens is 2. The summed E-state index contributed by atoms with van der Waals surface area (Å²) >= 11 is 1.52. The molecule has 0 saturated heterocycles. The van der Waals surface area contributed by atoms with Crippen LogP contribution in [0.15, 0.2) is 11.6 Å². The van der Waals surface area contributed by atoms with Gasteiger partial charge in [0.15, 0.2) is 10.6 Å². The molecule has 1 aliphatic rings. The van der Waals surface area contributed by atoms with Crippen LogP contribution in [0.25, 0.3) is 0 Å². The van der Waals surface area contributed by atoms with Gasteiger partial charge in [0.1, 0.15) is 11.5 Å². The van der Waals surface area contributed by atoms with Crippen molar-refractivity contribution in [3.8, 4) is 11.5 Å². The van der Waals surface area contributed by atoms with Crippen LogP contribution in [0.3, 0.4) is 0 Å². The second kappa shape index (κ2) is 5.60. The smallest absolute Gasteiger partial charge is 0.253 e. The Morgan fingerprint density at radius 1 is 1.48 bits per heavy atom. The molecule has 0 saturated carbocycles. The molecule has 0 spiro atoms. The standard InChI is InChI=1S/C17H20N2O3S/c1-10-7-14(20)11(2)13-5-6-17(4,22-16(10)13)15(21)8-19-9-23-12(3)18-19/h7,9H,5-6,8H2,1-4H3/p+1. The number of aryl methyl sites for hydroxylation is 2. The lowest BCUT2D eigenvalue weighted by Crippen LogP contribution is -2.52. The Morgan fingerprint density at radius 2 is 2.22 bits per heavy atom. The van der Waals surface area contributed by atoms with Gasteiger partial charge in [0, 0.05) is 10.7 Å². The third kappa shape index (κ3) is 2.83. The van der Waals surface area contributed by atoms with E-state index in [9.17, 15) is 9.90 Å². The van der Waals surface area contributed by atoms with Gasteiger partial charge in [0.05, 0.1) is 0 Å². The molecule has 1 atom stereocenters. The molecule has 0 fully saturated rings. The molecule has 0 bridgehead atoms. The van der Waals surface area contributed by atoms with Crippen molar-refractivity contribution in [3.05, 3.63) is 33.3 Å². The van der Waals surface area contributed by atoms with Crippen molar-refractivity contribution in [2.24, 2.45) is 0 Å². The number of ketones is 1. The molecule has 2 heterocycles. The van der Waals surface area contributed by atoms with Crippen LogP contribution in [0.4, 0.5) is 0 Å². The number of hydrogen-bond donors (Lipinski definition) is 1. The fraction of sp³-hybridized carbons (Fsp3) is 0.471. The summed E-state index contributed by atoms with van der Waals surface area (Å²) in [6, 6.07) is 1.70. The van der Waals surface area contributed by atoms with Crippen LogP contribution in [0.5, 0.6) is 11.5 Å². The molecule has 2 aromatic rings. The molecule has 1 aromatic carbocycles. The van der Waals surface area contributed by atoms with E-state index in [0.717, 1.165) is 33.9 Å². The molecule has 1 aromatic heterocycles. The quantitative estimate of drug-likeness (QED) is 0.876. The van der Waals surface area contributed by atoms with E-state index in [4.69, 9.17) is 4.74 Å². The van der Waals surface area contributed by atoms with E-state index in [2.05, 4.69) is 5.10 Å². The number of phenols is 1. The largest absolute Gasteiger partial charge is 0.508 e. The van der Waals surface area contributed by atoms with E-state index < -0.39 is 5.60 Å². The van der Waals surface area contributed by atoms with E-state index in [0.29, 0.717) is 6.42 Å². The molecule has 5 nitrogen and oxygen atoms in total. The number of carbonyl (C=O) groups excluding carboxylic acids is 1. The molecule has 3 rings (SSSR count). The van der Waals surface area contributed by atoms with Crippen molar-refractivity contribution < 1.29 is 19.3 Å². The van der Waals surface area contributed by atoms with Gasteiger partial charge in [0.2, 0.25) is 12.3 Å². The van der Waals surface area contributed by atoms with Gasteiger partial charge in [0.25, 0.3) is 5.51 Å². The molecule has 6 heteroatoms. The Bertz CT molecular complexity index is 784. The SMILES string of the molecule is Cc1n[n+](CC(=O)C2(C)CCc3c(C)c(O)cc(C)c3O2)cs1. The number of ether oxygens (including phenoxy) is 1.